The predicted octanol–water partition coefficient (Wildman–Crippen LogP) is 3.95. The minimum absolute atomic E-state index is 0.138. The summed E-state index contributed by atoms with van der Waals surface area (Å²) in [6, 6.07) is 5.99. The highest BCUT2D eigenvalue weighted by molar-refractivity contribution is 7.92. The zero-order valence-electron chi connectivity index (χ0n) is 12.1. The third kappa shape index (κ3) is 3.99. The van der Waals surface area contributed by atoms with Crippen LogP contribution in [0.5, 0.6) is 11.5 Å². The van der Waals surface area contributed by atoms with E-state index in [9.17, 15) is 12.8 Å². The van der Waals surface area contributed by atoms with Gasteiger partial charge < -0.3 is 9.47 Å². The van der Waals surface area contributed by atoms with E-state index in [1.165, 1.54) is 38.5 Å². The van der Waals surface area contributed by atoms with Crippen LogP contribution in [0.1, 0.15) is 0 Å². The van der Waals surface area contributed by atoms with E-state index in [1.807, 2.05) is 0 Å². The van der Waals surface area contributed by atoms with Crippen molar-refractivity contribution in [3.63, 3.8) is 0 Å². The SMILES string of the molecule is COc1cc(F)c(NS(=O)(=O)c2cc(Cl)cc(Cl)c2)cc1OC. The molecule has 0 unspecified atom stereocenters. The number of hydrogen-bond acceptors (Lipinski definition) is 4. The molecular formula is C14H12Cl2FNO4S. The molecule has 0 heterocycles. The van der Waals surface area contributed by atoms with Crippen molar-refractivity contribution in [2.75, 3.05) is 18.9 Å². The topological polar surface area (TPSA) is 64.6 Å². The summed E-state index contributed by atoms with van der Waals surface area (Å²) in [6.45, 7) is 0. The maximum absolute atomic E-state index is 14.0. The predicted molar refractivity (Wildman–Crippen MR) is 86.8 cm³/mol. The van der Waals surface area contributed by atoms with Crippen molar-refractivity contribution in [2.24, 2.45) is 0 Å². The monoisotopic (exact) mass is 379 g/mol. The van der Waals surface area contributed by atoms with Crippen molar-refractivity contribution < 1.29 is 22.3 Å². The lowest BCUT2D eigenvalue weighted by Gasteiger charge is -2.13. The van der Waals surface area contributed by atoms with Crippen LogP contribution < -0.4 is 14.2 Å². The number of nitrogens with one attached hydrogen (secondary N) is 1. The maximum atomic E-state index is 14.0. The van der Waals surface area contributed by atoms with Gasteiger partial charge in [-0.25, -0.2) is 12.8 Å². The Kier molecular flexibility index (Phi) is 5.23. The molecule has 23 heavy (non-hydrogen) atoms. The molecule has 0 aliphatic carbocycles. The third-order valence-electron chi connectivity index (χ3n) is 2.86. The fourth-order valence-electron chi connectivity index (χ4n) is 1.82. The van der Waals surface area contributed by atoms with Crippen LogP contribution in [0, 0.1) is 5.82 Å². The van der Waals surface area contributed by atoms with Gasteiger partial charge in [-0.05, 0) is 18.2 Å². The first-order chi connectivity index (χ1) is 10.8. The number of methoxy groups -OCH3 is 2. The van der Waals surface area contributed by atoms with Crippen LogP contribution in [-0.4, -0.2) is 22.6 Å². The molecule has 0 bridgehead atoms. The van der Waals surface area contributed by atoms with Gasteiger partial charge in [-0.3, -0.25) is 4.72 Å². The molecule has 0 fully saturated rings. The quantitative estimate of drug-likeness (QED) is 0.853. The van der Waals surface area contributed by atoms with Gasteiger partial charge in [0.25, 0.3) is 10.0 Å². The van der Waals surface area contributed by atoms with E-state index in [-0.39, 0.29) is 32.1 Å². The van der Waals surface area contributed by atoms with Gasteiger partial charge >= 0.3 is 0 Å². The van der Waals surface area contributed by atoms with Crippen molar-refractivity contribution in [1.29, 1.82) is 0 Å². The summed E-state index contributed by atoms with van der Waals surface area (Å²) in [7, 11) is -1.39. The summed E-state index contributed by atoms with van der Waals surface area (Å²) in [5.74, 6) is -0.506. The molecule has 9 heteroatoms. The highest BCUT2D eigenvalue weighted by Crippen LogP contribution is 2.33. The largest absolute Gasteiger partial charge is 0.493 e. The summed E-state index contributed by atoms with van der Waals surface area (Å²) in [6.07, 6.45) is 0. The fourth-order valence-corrected chi connectivity index (χ4v) is 3.60. The minimum Gasteiger partial charge on any atom is -0.493 e. The number of sulfonamides is 1. The Bertz CT molecular complexity index is 823. The zero-order chi connectivity index (χ0) is 17.2. The second-order valence-corrected chi connectivity index (χ2v) is 6.95. The first kappa shape index (κ1) is 17.7. The van der Waals surface area contributed by atoms with Gasteiger partial charge in [0.2, 0.25) is 0 Å². The molecule has 124 valence electrons. The van der Waals surface area contributed by atoms with Gasteiger partial charge in [0.05, 0.1) is 24.8 Å². The van der Waals surface area contributed by atoms with Gasteiger partial charge in [0, 0.05) is 22.2 Å². The van der Waals surface area contributed by atoms with E-state index in [2.05, 4.69) is 4.72 Å². The summed E-state index contributed by atoms with van der Waals surface area (Å²) in [4.78, 5) is -0.191. The van der Waals surface area contributed by atoms with Gasteiger partial charge in [-0.15, -0.1) is 0 Å². The van der Waals surface area contributed by atoms with E-state index in [4.69, 9.17) is 32.7 Å². The Balaban J connectivity index is 2.44. The lowest BCUT2D eigenvalue weighted by Crippen LogP contribution is -2.14. The average Bonchev–Trinajstić information content (AvgIpc) is 2.47. The van der Waals surface area contributed by atoms with E-state index < -0.39 is 15.8 Å². The molecule has 2 aromatic rings. The summed E-state index contributed by atoms with van der Waals surface area (Å²) < 4.78 is 50.8. The average molecular weight is 380 g/mol. The Morgan fingerprint density at radius 3 is 2.00 bits per heavy atom. The molecule has 1 N–H and O–H groups in total. The van der Waals surface area contributed by atoms with Gasteiger partial charge in [-0.1, -0.05) is 23.2 Å². The normalized spacial score (nSPS) is 11.2. The van der Waals surface area contributed by atoms with Crippen molar-refractivity contribution in [3.8, 4) is 11.5 Å². The molecule has 5 nitrogen and oxygen atoms in total. The summed E-state index contributed by atoms with van der Waals surface area (Å²) in [5, 5.41) is 0.288. The molecule has 0 radical (unpaired) electrons. The Hall–Kier alpha value is -1.70. The Morgan fingerprint density at radius 1 is 0.957 bits per heavy atom. The molecule has 2 rings (SSSR count). The van der Waals surface area contributed by atoms with Crippen LogP contribution in [0.25, 0.3) is 0 Å². The lowest BCUT2D eigenvalue weighted by molar-refractivity contribution is 0.353. The zero-order valence-corrected chi connectivity index (χ0v) is 14.4. The molecule has 0 aromatic heterocycles. The third-order valence-corrected chi connectivity index (χ3v) is 4.65. The van der Waals surface area contributed by atoms with E-state index in [0.29, 0.717) is 0 Å². The van der Waals surface area contributed by atoms with Crippen LogP contribution >= 0.6 is 23.2 Å². The summed E-state index contributed by atoms with van der Waals surface area (Å²) in [5.41, 5.74) is -0.293. The van der Waals surface area contributed by atoms with Crippen molar-refractivity contribution >= 4 is 38.9 Å². The van der Waals surface area contributed by atoms with Gasteiger partial charge in [-0.2, -0.15) is 0 Å². The highest BCUT2D eigenvalue weighted by atomic mass is 35.5. The second-order valence-electron chi connectivity index (χ2n) is 4.40. The minimum atomic E-state index is -4.08. The number of hydrogen-bond donors (Lipinski definition) is 1. The second kappa shape index (κ2) is 6.82. The lowest BCUT2D eigenvalue weighted by atomic mass is 10.2. The molecule has 0 saturated heterocycles. The van der Waals surface area contributed by atoms with E-state index >= 15 is 0 Å². The van der Waals surface area contributed by atoms with Crippen LogP contribution in [-0.2, 0) is 10.0 Å². The molecule has 0 atom stereocenters. The molecule has 2 aromatic carbocycles. The number of ether oxygens (including phenoxy) is 2. The van der Waals surface area contributed by atoms with Crippen LogP contribution in [0.3, 0.4) is 0 Å². The number of benzene rings is 2. The Morgan fingerprint density at radius 2 is 1.48 bits per heavy atom. The van der Waals surface area contributed by atoms with Crippen molar-refractivity contribution in [3.05, 3.63) is 46.2 Å². The first-order valence-corrected chi connectivity index (χ1v) is 8.41. The maximum Gasteiger partial charge on any atom is 0.262 e. The first-order valence-electron chi connectivity index (χ1n) is 6.17. The fraction of sp³-hybridized carbons (Fsp3) is 0.143. The molecule has 0 amide bonds. The molecule has 0 spiro atoms. The van der Waals surface area contributed by atoms with Crippen molar-refractivity contribution in [2.45, 2.75) is 4.90 Å². The van der Waals surface area contributed by atoms with Gasteiger partial charge in [0.15, 0.2) is 17.3 Å². The van der Waals surface area contributed by atoms with E-state index in [0.717, 1.165) is 6.07 Å². The van der Waals surface area contributed by atoms with Crippen LogP contribution in [0.4, 0.5) is 10.1 Å². The smallest absolute Gasteiger partial charge is 0.262 e. The Labute approximate surface area is 143 Å². The standard InChI is InChI=1S/C14H12Cl2FNO4S/c1-21-13-6-11(17)12(7-14(13)22-2)18-23(19,20)10-4-8(15)3-9(16)5-10/h3-7,18H,1-2H3. The molecule has 0 aliphatic rings. The van der Waals surface area contributed by atoms with Crippen LogP contribution in [0.2, 0.25) is 10.0 Å². The number of halogens is 3. The van der Waals surface area contributed by atoms with Crippen molar-refractivity contribution in [1.82, 2.24) is 0 Å². The molecule has 0 aliphatic heterocycles. The molecule has 0 saturated carbocycles. The van der Waals surface area contributed by atoms with Crippen LogP contribution in [0.15, 0.2) is 35.2 Å². The number of anilines is 1. The number of rotatable bonds is 5. The van der Waals surface area contributed by atoms with E-state index in [1.54, 1.807) is 0 Å². The van der Waals surface area contributed by atoms with Gasteiger partial charge in [0.1, 0.15) is 0 Å². The summed E-state index contributed by atoms with van der Waals surface area (Å²) >= 11 is 11.6. The molecular weight excluding hydrogens is 368 g/mol. The highest BCUT2D eigenvalue weighted by Gasteiger charge is 2.20.